The van der Waals surface area contributed by atoms with Gasteiger partial charge in [0.1, 0.15) is 17.7 Å². The first-order valence-electron chi connectivity index (χ1n) is 6.32. The van der Waals surface area contributed by atoms with Gasteiger partial charge in [0.05, 0.1) is 4.83 Å². The highest BCUT2D eigenvalue weighted by atomic mass is 79.9. The summed E-state index contributed by atoms with van der Waals surface area (Å²) in [5, 5.41) is 12.8. The van der Waals surface area contributed by atoms with E-state index in [2.05, 4.69) is 26.2 Å². The fraction of sp³-hybridized carbons (Fsp3) is 0.200. The van der Waals surface area contributed by atoms with Crippen molar-refractivity contribution in [2.75, 3.05) is 5.32 Å². The molecule has 0 saturated heterocycles. The summed E-state index contributed by atoms with van der Waals surface area (Å²) >= 11 is 3.16. The van der Waals surface area contributed by atoms with Crippen LogP contribution in [0.25, 0.3) is 0 Å². The third kappa shape index (κ3) is 4.09. The molecule has 4 nitrogen and oxygen atoms in total. The maximum atomic E-state index is 12.9. The van der Waals surface area contributed by atoms with Crippen LogP contribution in [-0.4, -0.2) is 20.8 Å². The Morgan fingerprint density at radius 2 is 1.86 bits per heavy atom. The van der Waals surface area contributed by atoms with Crippen molar-refractivity contribution in [3.05, 3.63) is 59.5 Å². The summed E-state index contributed by atoms with van der Waals surface area (Å²) in [5.74, 6) is -0.151. The number of amides is 1. The molecule has 0 fully saturated rings. The quantitative estimate of drug-likeness (QED) is 0.831. The van der Waals surface area contributed by atoms with Crippen molar-refractivity contribution >= 4 is 27.7 Å². The minimum absolute atomic E-state index is 0.200. The monoisotopic (exact) mass is 352 g/mol. The summed E-state index contributed by atoms with van der Waals surface area (Å²) in [6, 6.07) is 8.88. The maximum Gasteiger partial charge on any atom is 0.239 e. The first kappa shape index (κ1) is 15.6. The van der Waals surface area contributed by atoms with E-state index >= 15 is 0 Å². The number of hydrogen-bond acceptors (Lipinski definition) is 3. The Kier molecular flexibility index (Phi) is 5.03. The van der Waals surface area contributed by atoms with Gasteiger partial charge in [-0.05, 0) is 30.7 Å². The molecule has 0 spiro atoms. The number of carbonyl (C=O) groups excluding carboxylic acids is 1. The average molecular weight is 353 g/mol. The van der Waals surface area contributed by atoms with E-state index in [0.717, 1.165) is 0 Å². The van der Waals surface area contributed by atoms with Gasteiger partial charge in [0.2, 0.25) is 5.91 Å². The number of pyridine rings is 1. The van der Waals surface area contributed by atoms with Crippen LogP contribution < -0.4 is 5.32 Å². The zero-order chi connectivity index (χ0) is 15.4. The molecule has 2 atom stereocenters. The summed E-state index contributed by atoms with van der Waals surface area (Å²) in [4.78, 5) is 15.3. The Morgan fingerprint density at radius 3 is 2.38 bits per heavy atom. The van der Waals surface area contributed by atoms with Crippen LogP contribution in [0.15, 0.2) is 42.6 Å². The molecule has 0 radical (unpaired) electrons. The first-order valence-corrected chi connectivity index (χ1v) is 7.23. The van der Waals surface area contributed by atoms with E-state index in [1.54, 1.807) is 19.1 Å². The van der Waals surface area contributed by atoms with Crippen molar-refractivity contribution in [3.63, 3.8) is 0 Å². The first-order chi connectivity index (χ1) is 9.97. The van der Waals surface area contributed by atoms with E-state index in [1.165, 1.54) is 30.5 Å². The molecule has 2 rings (SSSR count). The molecule has 110 valence electrons. The van der Waals surface area contributed by atoms with Crippen molar-refractivity contribution in [1.82, 2.24) is 4.98 Å². The Bertz CT molecular complexity index is 615. The van der Waals surface area contributed by atoms with E-state index in [-0.39, 0.29) is 16.6 Å². The highest BCUT2D eigenvalue weighted by Crippen LogP contribution is 2.22. The predicted octanol–water partition coefficient (Wildman–Crippen LogP) is 3.02. The topological polar surface area (TPSA) is 62.2 Å². The number of rotatable bonds is 4. The third-order valence-electron chi connectivity index (χ3n) is 2.90. The molecule has 0 aliphatic heterocycles. The molecular weight excluding hydrogens is 339 g/mol. The number of aliphatic hydroxyl groups is 1. The molecule has 2 unspecified atom stereocenters. The van der Waals surface area contributed by atoms with Crippen LogP contribution in [0, 0.1) is 5.82 Å². The van der Waals surface area contributed by atoms with Gasteiger partial charge in [-0.25, -0.2) is 9.37 Å². The Hall–Kier alpha value is -1.79. The fourth-order valence-corrected chi connectivity index (χ4v) is 1.82. The minimum Gasteiger partial charge on any atom is -0.384 e. The molecule has 1 amide bonds. The van der Waals surface area contributed by atoms with Gasteiger partial charge in [-0.15, -0.1) is 0 Å². The molecule has 1 aromatic carbocycles. The summed E-state index contributed by atoms with van der Waals surface area (Å²) in [7, 11) is 0. The lowest BCUT2D eigenvalue weighted by atomic mass is 10.0. The van der Waals surface area contributed by atoms with Gasteiger partial charge in [-0.1, -0.05) is 34.1 Å². The molecular formula is C15H14BrFN2O2. The second-order valence-corrected chi connectivity index (χ2v) is 5.91. The van der Waals surface area contributed by atoms with Gasteiger partial charge >= 0.3 is 0 Å². The van der Waals surface area contributed by atoms with Crippen molar-refractivity contribution in [2.45, 2.75) is 17.9 Å². The number of benzene rings is 1. The molecule has 2 aromatic rings. The normalized spacial score (nSPS) is 13.5. The third-order valence-corrected chi connectivity index (χ3v) is 3.32. The van der Waals surface area contributed by atoms with Crippen molar-refractivity contribution < 1.29 is 14.3 Å². The summed E-state index contributed by atoms with van der Waals surface area (Å²) in [5.41, 5.74) is 1.13. The van der Waals surface area contributed by atoms with Gasteiger partial charge in [0.25, 0.3) is 0 Å². The van der Waals surface area contributed by atoms with Gasteiger partial charge in [0.15, 0.2) is 0 Å². The minimum atomic E-state index is -0.891. The Morgan fingerprint density at radius 1 is 1.24 bits per heavy atom. The van der Waals surface area contributed by atoms with E-state index in [1.807, 2.05) is 0 Å². The maximum absolute atomic E-state index is 12.9. The number of carbonyl (C=O) groups is 1. The Balaban J connectivity index is 2.11. The number of aliphatic hydroxyl groups excluding tert-OH is 1. The fourth-order valence-electron chi connectivity index (χ4n) is 1.70. The molecule has 2 N–H and O–H groups in total. The van der Waals surface area contributed by atoms with Crippen LogP contribution >= 0.6 is 15.9 Å². The number of halogens is 2. The van der Waals surface area contributed by atoms with E-state index in [4.69, 9.17) is 0 Å². The van der Waals surface area contributed by atoms with Gasteiger partial charge in [0, 0.05) is 11.8 Å². The number of anilines is 1. The molecule has 0 bridgehead atoms. The zero-order valence-corrected chi connectivity index (χ0v) is 12.8. The highest BCUT2D eigenvalue weighted by Gasteiger charge is 2.13. The summed E-state index contributed by atoms with van der Waals surface area (Å²) < 4.78 is 12.9. The average Bonchev–Trinajstić information content (AvgIpc) is 2.48. The van der Waals surface area contributed by atoms with E-state index in [0.29, 0.717) is 16.9 Å². The molecule has 21 heavy (non-hydrogen) atoms. The van der Waals surface area contributed by atoms with Crippen LogP contribution in [-0.2, 0) is 4.79 Å². The smallest absolute Gasteiger partial charge is 0.239 e. The Labute approximate surface area is 130 Å². The van der Waals surface area contributed by atoms with Crippen molar-refractivity contribution in [3.8, 4) is 0 Å². The standard InChI is InChI=1S/C15H14BrFN2O2/c1-9(16)15(21)19-13-7-4-11(8-18-13)14(20)10-2-5-12(17)6-3-10/h2-9,14,20H,1H3,(H,18,19,21). The molecule has 6 heteroatoms. The van der Waals surface area contributed by atoms with Crippen LogP contribution in [0.2, 0.25) is 0 Å². The van der Waals surface area contributed by atoms with E-state index in [9.17, 15) is 14.3 Å². The lowest BCUT2D eigenvalue weighted by Gasteiger charge is -2.12. The molecule has 1 heterocycles. The SMILES string of the molecule is CC(Br)C(=O)Nc1ccc(C(O)c2ccc(F)cc2)cn1. The van der Waals surface area contributed by atoms with Crippen LogP contribution in [0.5, 0.6) is 0 Å². The van der Waals surface area contributed by atoms with Crippen LogP contribution in [0.4, 0.5) is 10.2 Å². The number of hydrogen-bond donors (Lipinski definition) is 2. The van der Waals surface area contributed by atoms with Gasteiger partial charge < -0.3 is 10.4 Å². The van der Waals surface area contributed by atoms with Gasteiger partial charge in [-0.2, -0.15) is 0 Å². The lowest BCUT2D eigenvalue weighted by molar-refractivity contribution is -0.115. The summed E-state index contributed by atoms with van der Waals surface area (Å²) in [6.07, 6.45) is 0.584. The largest absolute Gasteiger partial charge is 0.384 e. The van der Waals surface area contributed by atoms with Crippen LogP contribution in [0.1, 0.15) is 24.2 Å². The lowest BCUT2D eigenvalue weighted by Crippen LogP contribution is -2.20. The molecule has 0 saturated carbocycles. The number of aromatic nitrogens is 1. The van der Waals surface area contributed by atoms with Crippen molar-refractivity contribution in [2.24, 2.45) is 0 Å². The zero-order valence-electron chi connectivity index (χ0n) is 11.3. The summed E-state index contributed by atoms with van der Waals surface area (Å²) in [6.45, 7) is 1.71. The number of alkyl halides is 1. The second-order valence-electron chi connectivity index (χ2n) is 4.54. The second kappa shape index (κ2) is 6.78. The number of nitrogens with zero attached hydrogens (tertiary/aromatic N) is 1. The molecule has 0 aliphatic carbocycles. The highest BCUT2D eigenvalue weighted by molar-refractivity contribution is 9.10. The van der Waals surface area contributed by atoms with Crippen LogP contribution in [0.3, 0.4) is 0 Å². The molecule has 1 aromatic heterocycles. The predicted molar refractivity (Wildman–Crippen MR) is 81.7 cm³/mol. The van der Waals surface area contributed by atoms with E-state index < -0.39 is 6.10 Å². The van der Waals surface area contributed by atoms with Crippen molar-refractivity contribution in [1.29, 1.82) is 0 Å². The molecule has 0 aliphatic rings. The van der Waals surface area contributed by atoms with Gasteiger partial charge in [-0.3, -0.25) is 4.79 Å². The number of nitrogens with one attached hydrogen (secondary N) is 1.